The Morgan fingerprint density at radius 1 is 1.00 bits per heavy atom. The number of Topliss-reactive ketones (excluding diaryl/α,β-unsaturated/α-hetero) is 1. The third-order valence-corrected chi connectivity index (χ3v) is 3.85. The van der Waals surface area contributed by atoms with Crippen LogP contribution < -0.4 is 4.90 Å². The first kappa shape index (κ1) is 18.4. The summed E-state index contributed by atoms with van der Waals surface area (Å²) in [4.78, 5) is 14.0. The van der Waals surface area contributed by atoms with Gasteiger partial charge >= 0.3 is 0 Å². The van der Waals surface area contributed by atoms with Gasteiger partial charge in [0.1, 0.15) is 0 Å². The second kappa shape index (κ2) is 8.78. The van der Waals surface area contributed by atoms with Gasteiger partial charge in [-0.25, -0.2) is 0 Å². The lowest BCUT2D eigenvalue weighted by Crippen LogP contribution is -2.21. The maximum Gasteiger partial charge on any atom is 0.183 e. The number of aliphatic hydroxyl groups is 1. The molecule has 0 amide bonds. The topological polar surface area (TPSA) is 65.3 Å². The van der Waals surface area contributed by atoms with Crippen LogP contribution in [-0.2, 0) is 4.79 Å². The van der Waals surface area contributed by atoms with Crippen molar-refractivity contribution in [3.63, 3.8) is 0 Å². The second-order valence-corrected chi connectivity index (χ2v) is 5.51. The van der Waals surface area contributed by atoms with Gasteiger partial charge in [-0.05, 0) is 38.1 Å². The molecule has 0 saturated heterocycles. The molecule has 0 atom stereocenters. The molecular weight excluding hydrogens is 314 g/mol. The summed E-state index contributed by atoms with van der Waals surface area (Å²) in [5, 5.41) is 18.4. The minimum Gasteiger partial charge on any atom is -0.505 e. The molecule has 0 aliphatic heterocycles. The summed E-state index contributed by atoms with van der Waals surface area (Å²) < 4.78 is 0. The molecule has 0 saturated carbocycles. The molecule has 0 spiro atoms. The fraction of sp³-hybridized carbons (Fsp3) is 0.250. The molecule has 130 valence electrons. The molecule has 0 radical (unpaired) electrons. The number of benzene rings is 2. The van der Waals surface area contributed by atoms with Gasteiger partial charge in [-0.15, -0.1) is 5.11 Å². The number of carbonyl (C=O) groups is 1. The van der Waals surface area contributed by atoms with Crippen LogP contribution in [0.4, 0.5) is 11.4 Å². The fourth-order valence-electron chi connectivity index (χ4n) is 2.44. The van der Waals surface area contributed by atoms with E-state index in [0.29, 0.717) is 11.3 Å². The van der Waals surface area contributed by atoms with E-state index in [1.807, 2.05) is 30.3 Å². The van der Waals surface area contributed by atoms with Crippen LogP contribution >= 0.6 is 0 Å². The Balaban J connectivity index is 2.27. The first-order valence-corrected chi connectivity index (χ1v) is 8.33. The smallest absolute Gasteiger partial charge is 0.183 e. The summed E-state index contributed by atoms with van der Waals surface area (Å²) >= 11 is 0. The van der Waals surface area contributed by atoms with Crippen LogP contribution in [0.3, 0.4) is 0 Å². The molecule has 0 bridgehead atoms. The van der Waals surface area contributed by atoms with Crippen molar-refractivity contribution in [2.45, 2.75) is 20.8 Å². The zero-order chi connectivity index (χ0) is 18.2. The minimum atomic E-state index is -0.343. The number of aliphatic hydroxyl groups excluding tert-OH is 1. The Morgan fingerprint density at radius 3 is 2.12 bits per heavy atom. The molecule has 5 heteroatoms. The van der Waals surface area contributed by atoms with Gasteiger partial charge in [-0.1, -0.05) is 30.3 Å². The van der Waals surface area contributed by atoms with Gasteiger partial charge in [0.15, 0.2) is 17.2 Å². The summed E-state index contributed by atoms with van der Waals surface area (Å²) in [7, 11) is 0. The van der Waals surface area contributed by atoms with Gasteiger partial charge in [0.2, 0.25) is 0 Å². The Kier molecular flexibility index (Phi) is 6.46. The molecule has 0 fully saturated rings. The van der Waals surface area contributed by atoms with Crippen LogP contribution in [0.5, 0.6) is 0 Å². The third-order valence-electron chi connectivity index (χ3n) is 3.85. The predicted molar refractivity (Wildman–Crippen MR) is 101 cm³/mol. The maximum absolute atomic E-state index is 11.8. The molecule has 2 aromatic rings. The van der Waals surface area contributed by atoms with E-state index in [-0.39, 0.29) is 17.2 Å². The van der Waals surface area contributed by atoms with Crippen molar-refractivity contribution in [3.8, 4) is 0 Å². The molecule has 2 aromatic carbocycles. The van der Waals surface area contributed by atoms with Crippen LogP contribution in [0, 0.1) is 0 Å². The van der Waals surface area contributed by atoms with Crippen LogP contribution in [0.1, 0.15) is 26.3 Å². The van der Waals surface area contributed by atoms with Crippen molar-refractivity contribution < 1.29 is 9.90 Å². The Hall–Kier alpha value is -2.95. The number of anilines is 1. The number of rotatable bonds is 7. The number of azo groups is 1. The second-order valence-electron chi connectivity index (χ2n) is 5.51. The number of ketones is 1. The minimum absolute atomic E-state index is 0.0565. The van der Waals surface area contributed by atoms with Gasteiger partial charge in [-0.2, -0.15) is 5.11 Å². The van der Waals surface area contributed by atoms with Gasteiger partial charge < -0.3 is 10.0 Å². The standard InChI is InChI=1S/C20H23N3O2/c1-4-23(5-2)18-13-11-17(12-14-18)21-22-19(15(3)24)20(25)16-9-7-6-8-10-16/h6-14,25H,4-5H2,1-3H3/b20-19-,22-21?. The molecule has 0 aliphatic carbocycles. The summed E-state index contributed by atoms with van der Waals surface area (Å²) in [6, 6.07) is 16.5. The SMILES string of the molecule is CCN(CC)c1ccc(N=N/C(C(C)=O)=C(\O)c2ccccc2)cc1. The maximum atomic E-state index is 11.8. The molecule has 2 rings (SSSR count). The average Bonchev–Trinajstić information content (AvgIpc) is 2.64. The molecule has 5 nitrogen and oxygen atoms in total. The van der Waals surface area contributed by atoms with Crippen molar-refractivity contribution >= 4 is 22.9 Å². The number of carbonyl (C=O) groups excluding carboxylic acids is 1. The van der Waals surface area contributed by atoms with Gasteiger partial charge in [0.05, 0.1) is 5.69 Å². The third kappa shape index (κ3) is 4.76. The molecule has 0 aromatic heterocycles. The molecule has 0 aliphatic rings. The predicted octanol–water partition coefficient (Wildman–Crippen LogP) is 5.13. The van der Waals surface area contributed by atoms with E-state index in [1.54, 1.807) is 24.3 Å². The number of nitrogens with zero attached hydrogens (tertiary/aromatic N) is 3. The van der Waals surface area contributed by atoms with E-state index in [4.69, 9.17) is 0 Å². The van der Waals surface area contributed by atoms with Crippen LogP contribution in [-0.4, -0.2) is 24.0 Å². The Labute approximate surface area is 148 Å². The monoisotopic (exact) mass is 337 g/mol. The average molecular weight is 337 g/mol. The fourth-order valence-corrected chi connectivity index (χ4v) is 2.44. The lowest BCUT2D eigenvalue weighted by molar-refractivity contribution is -0.113. The highest BCUT2D eigenvalue weighted by Crippen LogP contribution is 2.23. The zero-order valence-electron chi connectivity index (χ0n) is 14.8. The Morgan fingerprint density at radius 2 is 1.60 bits per heavy atom. The van der Waals surface area contributed by atoms with E-state index >= 15 is 0 Å². The van der Waals surface area contributed by atoms with Gasteiger partial charge in [0.25, 0.3) is 0 Å². The quantitative estimate of drug-likeness (QED) is 0.432. The molecular formula is C20H23N3O2. The van der Waals surface area contributed by atoms with E-state index in [0.717, 1.165) is 18.8 Å². The van der Waals surface area contributed by atoms with E-state index in [9.17, 15) is 9.90 Å². The largest absolute Gasteiger partial charge is 0.505 e. The molecule has 0 heterocycles. The van der Waals surface area contributed by atoms with Gasteiger partial charge in [-0.3, -0.25) is 4.79 Å². The highest BCUT2D eigenvalue weighted by Gasteiger charge is 2.12. The summed E-state index contributed by atoms with van der Waals surface area (Å²) in [6.07, 6.45) is 0. The van der Waals surface area contributed by atoms with Crippen molar-refractivity contribution in [2.24, 2.45) is 10.2 Å². The van der Waals surface area contributed by atoms with E-state index in [1.165, 1.54) is 6.92 Å². The molecule has 0 unspecified atom stereocenters. The zero-order valence-corrected chi connectivity index (χ0v) is 14.8. The lowest BCUT2D eigenvalue weighted by atomic mass is 10.1. The van der Waals surface area contributed by atoms with E-state index < -0.39 is 0 Å². The summed E-state index contributed by atoms with van der Waals surface area (Å²) in [5.74, 6) is -0.513. The molecule has 25 heavy (non-hydrogen) atoms. The first-order valence-electron chi connectivity index (χ1n) is 8.33. The highest BCUT2D eigenvalue weighted by atomic mass is 16.3. The van der Waals surface area contributed by atoms with Crippen LogP contribution in [0.25, 0.3) is 5.76 Å². The highest BCUT2D eigenvalue weighted by molar-refractivity contribution is 5.99. The summed E-state index contributed by atoms with van der Waals surface area (Å²) in [5.41, 5.74) is 2.21. The van der Waals surface area contributed by atoms with E-state index in [2.05, 4.69) is 29.0 Å². The van der Waals surface area contributed by atoms with Crippen molar-refractivity contribution in [2.75, 3.05) is 18.0 Å². The molecule has 1 N–H and O–H groups in total. The lowest BCUT2D eigenvalue weighted by Gasteiger charge is -2.20. The van der Waals surface area contributed by atoms with Crippen LogP contribution in [0.2, 0.25) is 0 Å². The number of hydrogen-bond donors (Lipinski definition) is 1. The van der Waals surface area contributed by atoms with Crippen molar-refractivity contribution in [3.05, 3.63) is 65.9 Å². The van der Waals surface area contributed by atoms with Crippen molar-refractivity contribution in [1.82, 2.24) is 0 Å². The van der Waals surface area contributed by atoms with Gasteiger partial charge in [0, 0.05) is 31.3 Å². The normalized spacial score (nSPS) is 12.1. The van der Waals surface area contributed by atoms with Crippen molar-refractivity contribution in [1.29, 1.82) is 0 Å². The Bertz CT molecular complexity index is 761. The number of hydrogen-bond acceptors (Lipinski definition) is 5. The van der Waals surface area contributed by atoms with Crippen LogP contribution in [0.15, 0.2) is 70.5 Å². The summed E-state index contributed by atoms with van der Waals surface area (Å²) in [6.45, 7) is 7.43. The number of allylic oxidation sites excluding steroid dienone is 1. The first-order chi connectivity index (χ1) is 12.1.